The zero-order chi connectivity index (χ0) is 16.2. The van der Waals surface area contributed by atoms with Gasteiger partial charge in [0.05, 0.1) is 0 Å². The maximum absolute atomic E-state index is 11.2. The Balaban J connectivity index is 2.58. The molecule has 2 nitrogen and oxygen atoms in total. The molecule has 2 unspecified atom stereocenters. The van der Waals surface area contributed by atoms with Crippen LogP contribution in [0.15, 0.2) is 68.0 Å². The molecule has 22 heavy (non-hydrogen) atoms. The fourth-order valence-electron chi connectivity index (χ4n) is 2.56. The summed E-state index contributed by atoms with van der Waals surface area (Å²) in [6, 6.07) is 8.84. The first-order chi connectivity index (χ1) is 10.5. The van der Waals surface area contributed by atoms with E-state index in [0.29, 0.717) is 22.0 Å². The Labute approximate surface area is 140 Å². The van der Waals surface area contributed by atoms with Gasteiger partial charge in [0.1, 0.15) is 5.60 Å². The van der Waals surface area contributed by atoms with Gasteiger partial charge in [0.15, 0.2) is 0 Å². The predicted molar refractivity (Wildman–Crippen MR) is 92.3 cm³/mol. The van der Waals surface area contributed by atoms with Gasteiger partial charge < -0.3 is 5.11 Å². The number of allylic oxidation sites excluding steroid dienone is 1. The molecule has 0 fully saturated rings. The van der Waals surface area contributed by atoms with Crippen molar-refractivity contribution in [3.8, 4) is 0 Å². The molecule has 0 spiro atoms. The van der Waals surface area contributed by atoms with Crippen LogP contribution in [0.2, 0.25) is 10.0 Å². The molecule has 2 rings (SSSR count). The van der Waals surface area contributed by atoms with Crippen molar-refractivity contribution in [2.45, 2.75) is 17.9 Å². The topological polar surface area (TPSA) is 33.1 Å². The fraction of sp³-hybridized carbons (Fsp3) is 0.167. The summed E-state index contributed by atoms with van der Waals surface area (Å²) >= 11 is 12.3. The SMILES string of the molecule is C=CCC(c1ccc(Cl)cc1Cl)C(O)(C=C)c1cccnc1. The Morgan fingerprint density at radius 3 is 2.59 bits per heavy atom. The molecule has 1 heterocycles. The van der Waals surface area contributed by atoms with Gasteiger partial charge in [-0.25, -0.2) is 0 Å². The molecule has 2 aromatic rings. The lowest BCUT2D eigenvalue weighted by atomic mass is 9.76. The standard InChI is InChI=1S/C18H17Cl2NO/c1-3-6-16(15-9-8-14(19)11-17(15)20)18(22,4-2)13-7-5-10-21-12-13/h3-5,7-12,16,22H,1-2,6H2. The molecule has 1 N–H and O–H groups in total. The molecule has 0 aliphatic rings. The molecule has 0 radical (unpaired) electrons. The summed E-state index contributed by atoms with van der Waals surface area (Å²) in [7, 11) is 0. The minimum atomic E-state index is -1.31. The number of benzene rings is 1. The van der Waals surface area contributed by atoms with Gasteiger partial charge in [-0.15, -0.1) is 6.58 Å². The van der Waals surface area contributed by atoms with E-state index in [9.17, 15) is 5.11 Å². The molecule has 0 saturated carbocycles. The van der Waals surface area contributed by atoms with E-state index >= 15 is 0 Å². The van der Waals surface area contributed by atoms with E-state index in [1.807, 2.05) is 12.1 Å². The van der Waals surface area contributed by atoms with Crippen LogP contribution >= 0.6 is 23.2 Å². The number of hydrogen-bond donors (Lipinski definition) is 1. The smallest absolute Gasteiger partial charge is 0.116 e. The highest BCUT2D eigenvalue weighted by Crippen LogP contribution is 2.43. The Morgan fingerprint density at radius 1 is 1.27 bits per heavy atom. The molecular formula is C18H17Cl2NO. The van der Waals surface area contributed by atoms with E-state index in [4.69, 9.17) is 23.2 Å². The van der Waals surface area contributed by atoms with Crippen molar-refractivity contribution in [2.24, 2.45) is 0 Å². The van der Waals surface area contributed by atoms with Crippen LogP contribution in [0.3, 0.4) is 0 Å². The summed E-state index contributed by atoms with van der Waals surface area (Å²) in [6.07, 6.45) is 7.08. The van der Waals surface area contributed by atoms with Crippen LogP contribution in [-0.2, 0) is 5.60 Å². The highest BCUT2D eigenvalue weighted by Gasteiger charge is 2.37. The van der Waals surface area contributed by atoms with Crippen LogP contribution in [0.4, 0.5) is 0 Å². The van der Waals surface area contributed by atoms with Gasteiger partial charge in [-0.1, -0.05) is 54.1 Å². The maximum Gasteiger partial charge on any atom is 0.116 e. The van der Waals surface area contributed by atoms with E-state index < -0.39 is 5.60 Å². The molecule has 0 amide bonds. The summed E-state index contributed by atoms with van der Waals surface area (Å²) in [5.74, 6) is -0.337. The zero-order valence-electron chi connectivity index (χ0n) is 12.0. The third-order valence-corrected chi connectivity index (χ3v) is 4.27. The highest BCUT2D eigenvalue weighted by molar-refractivity contribution is 6.35. The normalized spacial score (nSPS) is 14.9. The lowest BCUT2D eigenvalue weighted by molar-refractivity contribution is 0.0584. The van der Waals surface area contributed by atoms with Crippen molar-refractivity contribution in [3.63, 3.8) is 0 Å². The average molecular weight is 334 g/mol. The van der Waals surface area contributed by atoms with Crippen LogP contribution in [0.5, 0.6) is 0 Å². The number of aliphatic hydroxyl groups is 1. The van der Waals surface area contributed by atoms with Crippen molar-refractivity contribution in [1.29, 1.82) is 0 Å². The molecule has 1 aromatic heterocycles. The summed E-state index contributed by atoms with van der Waals surface area (Å²) in [5, 5.41) is 12.3. The maximum atomic E-state index is 11.2. The monoisotopic (exact) mass is 333 g/mol. The summed E-state index contributed by atoms with van der Waals surface area (Å²) in [4.78, 5) is 4.08. The first kappa shape index (κ1) is 16.8. The van der Waals surface area contributed by atoms with Gasteiger partial charge in [0.25, 0.3) is 0 Å². The molecule has 2 atom stereocenters. The first-order valence-corrected chi connectivity index (χ1v) is 7.60. The molecule has 4 heteroatoms. The number of pyridine rings is 1. The van der Waals surface area contributed by atoms with E-state index in [-0.39, 0.29) is 5.92 Å². The molecule has 114 valence electrons. The zero-order valence-corrected chi connectivity index (χ0v) is 13.6. The van der Waals surface area contributed by atoms with Gasteiger partial charge in [-0.3, -0.25) is 4.98 Å². The lowest BCUT2D eigenvalue weighted by Gasteiger charge is -2.34. The van der Waals surface area contributed by atoms with Gasteiger partial charge in [-0.2, -0.15) is 0 Å². The van der Waals surface area contributed by atoms with Crippen molar-refractivity contribution >= 4 is 23.2 Å². The van der Waals surface area contributed by atoms with Crippen LogP contribution in [-0.4, -0.2) is 10.1 Å². The number of rotatable bonds is 6. The number of hydrogen-bond acceptors (Lipinski definition) is 2. The van der Waals surface area contributed by atoms with E-state index in [1.165, 1.54) is 6.08 Å². The molecule has 0 aliphatic carbocycles. The van der Waals surface area contributed by atoms with Crippen molar-refractivity contribution in [2.75, 3.05) is 0 Å². The van der Waals surface area contributed by atoms with Crippen LogP contribution in [0.25, 0.3) is 0 Å². The third-order valence-electron chi connectivity index (χ3n) is 3.71. The van der Waals surface area contributed by atoms with Gasteiger partial charge in [0.2, 0.25) is 0 Å². The number of aromatic nitrogens is 1. The second kappa shape index (κ2) is 7.10. The van der Waals surface area contributed by atoms with Crippen LogP contribution in [0.1, 0.15) is 23.5 Å². The molecule has 1 aromatic carbocycles. The second-order valence-corrected chi connectivity index (χ2v) is 5.86. The van der Waals surface area contributed by atoms with E-state index in [2.05, 4.69) is 18.1 Å². The summed E-state index contributed by atoms with van der Waals surface area (Å²) < 4.78 is 0. The quantitative estimate of drug-likeness (QED) is 0.744. The van der Waals surface area contributed by atoms with E-state index in [0.717, 1.165) is 5.56 Å². The summed E-state index contributed by atoms with van der Waals surface area (Å²) in [5.41, 5.74) is 0.139. The van der Waals surface area contributed by atoms with Crippen molar-refractivity contribution in [3.05, 3.63) is 89.2 Å². The number of nitrogens with zero attached hydrogens (tertiary/aromatic N) is 1. The lowest BCUT2D eigenvalue weighted by Crippen LogP contribution is -2.31. The van der Waals surface area contributed by atoms with Crippen LogP contribution in [0, 0.1) is 0 Å². The van der Waals surface area contributed by atoms with Gasteiger partial charge >= 0.3 is 0 Å². The Hall–Kier alpha value is -1.61. The third kappa shape index (κ3) is 3.25. The molecular weight excluding hydrogens is 317 g/mol. The van der Waals surface area contributed by atoms with Crippen molar-refractivity contribution < 1.29 is 5.11 Å². The minimum absolute atomic E-state index is 0.337. The molecule has 0 saturated heterocycles. The van der Waals surface area contributed by atoms with Crippen molar-refractivity contribution in [1.82, 2.24) is 4.98 Å². The largest absolute Gasteiger partial charge is 0.380 e. The number of halogens is 2. The highest BCUT2D eigenvalue weighted by atomic mass is 35.5. The van der Waals surface area contributed by atoms with Gasteiger partial charge in [0, 0.05) is 33.9 Å². The molecule has 0 bridgehead atoms. The van der Waals surface area contributed by atoms with E-state index in [1.54, 1.807) is 36.7 Å². The Morgan fingerprint density at radius 2 is 2.05 bits per heavy atom. The van der Waals surface area contributed by atoms with Gasteiger partial charge in [-0.05, 0) is 30.2 Å². The summed E-state index contributed by atoms with van der Waals surface area (Å²) in [6.45, 7) is 7.59. The minimum Gasteiger partial charge on any atom is -0.380 e. The average Bonchev–Trinajstić information content (AvgIpc) is 2.53. The first-order valence-electron chi connectivity index (χ1n) is 6.85. The predicted octanol–water partition coefficient (Wildman–Crippen LogP) is 5.12. The molecule has 0 aliphatic heterocycles. The Bertz CT molecular complexity index is 672. The second-order valence-electron chi connectivity index (χ2n) is 5.01. The fourth-order valence-corrected chi connectivity index (χ4v) is 3.10. The Kier molecular flexibility index (Phi) is 5.41. The van der Waals surface area contributed by atoms with Crippen LogP contribution < -0.4 is 0 Å².